The zero-order valence-electron chi connectivity index (χ0n) is 19.0. The number of aryl methyl sites for hydroxylation is 1. The second kappa shape index (κ2) is 11.8. The molecule has 0 bridgehead atoms. The van der Waals surface area contributed by atoms with Gasteiger partial charge >= 0.3 is 0 Å². The topological polar surface area (TPSA) is 102 Å². The maximum absolute atomic E-state index is 6.43. The molecule has 6 N–H and O–H groups in total. The van der Waals surface area contributed by atoms with Crippen LogP contribution < -0.4 is 26.1 Å². The SMILES string of the molecule is CCNCc1ccc[n+](-c2cccc(COCc3cc(C)nc(N)c3CNSC)c2)c1N. The van der Waals surface area contributed by atoms with Gasteiger partial charge in [-0.15, -0.1) is 0 Å². The summed E-state index contributed by atoms with van der Waals surface area (Å²) in [7, 11) is 0. The van der Waals surface area contributed by atoms with Gasteiger partial charge < -0.3 is 15.8 Å². The van der Waals surface area contributed by atoms with E-state index in [1.54, 1.807) is 11.9 Å². The molecule has 0 radical (unpaired) electrons. The van der Waals surface area contributed by atoms with Gasteiger partial charge in [0.2, 0.25) is 0 Å². The van der Waals surface area contributed by atoms with Gasteiger partial charge in [0.25, 0.3) is 5.82 Å². The third kappa shape index (κ3) is 6.20. The summed E-state index contributed by atoms with van der Waals surface area (Å²) in [6.45, 7) is 7.28. The average Bonchev–Trinajstić information content (AvgIpc) is 2.78. The fourth-order valence-corrected chi connectivity index (χ4v) is 3.83. The Morgan fingerprint density at radius 1 is 1.06 bits per heavy atom. The van der Waals surface area contributed by atoms with Gasteiger partial charge in [-0.05, 0) is 61.2 Å². The first-order valence-corrected chi connectivity index (χ1v) is 11.9. The first kappa shape index (κ1) is 24.0. The standard InChI is InChI=1S/C24H32N6OS/c1-4-27-13-19-8-6-10-30(24(19)26)21-9-5-7-18(12-21)15-31-16-20-11-17(2)29-23(25)22(20)14-28-32-3/h5-12,26-28H,4,13-16H2,1-3H3,(H2,25,29)/p+1. The van der Waals surface area contributed by atoms with Crippen molar-refractivity contribution in [2.75, 3.05) is 24.3 Å². The van der Waals surface area contributed by atoms with Crippen LogP contribution in [0.2, 0.25) is 0 Å². The minimum absolute atomic E-state index is 0.469. The van der Waals surface area contributed by atoms with Crippen LogP contribution in [-0.4, -0.2) is 17.8 Å². The van der Waals surface area contributed by atoms with Gasteiger partial charge in [-0.3, -0.25) is 10.5 Å². The lowest BCUT2D eigenvalue weighted by Gasteiger charge is -2.14. The number of anilines is 2. The van der Waals surface area contributed by atoms with E-state index in [1.807, 2.05) is 48.2 Å². The molecule has 0 aliphatic heterocycles. The summed E-state index contributed by atoms with van der Waals surface area (Å²) in [4.78, 5) is 4.39. The minimum atomic E-state index is 0.469. The largest absolute Gasteiger partial charge is 0.383 e. The molecular weight excluding hydrogens is 420 g/mol. The van der Waals surface area contributed by atoms with Gasteiger partial charge in [-0.25, -0.2) is 9.55 Å². The molecule has 2 aromatic heterocycles. The van der Waals surface area contributed by atoms with Gasteiger partial charge in [0.05, 0.1) is 25.0 Å². The summed E-state index contributed by atoms with van der Waals surface area (Å²) >= 11 is 1.55. The molecule has 0 aliphatic rings. The van der Waals surface area contributed by atoms with Crippen molar-refractivity contribution < 1.29 is 9.30 Å². The van der Waals surface area contributed by atoms with Crippen molar-refractivity contribution in [1.29, 1.82) is 0 Å². The summed E-state index contributed by atoms with van der Waals surface area (Å²) in [5.41, 5.74) is 18.7. The Kier molecular flexibility index (Phi) is 8.87. The summed E-state index contributed by atoms with van der Waals surface area (Å²) < 4.78 is 11.3. The molecule has 1 aromatic carbocycles. The summed E-state index contributed by atoms with van der Waals surface area (Å²) in [5.74, 6) is 1.29. The van der Waals surface area contributed by atoms with Gasteiger partial charge in [0.1, 0.15) is 11.5 Å². The molecule has 3 rings (SSSR count). The number of hydrogen-bond donors (Lipinski definition) is 4. The number of hydrogen-bond acceptors (Lipinski definition) is 7. The van der Waals surface area contributed by atoms with E-state index in [0.717, 1.165) is 52.5 Å². The van der Waals surface area contributed by atoms with Crippen LogP contribution in [0.4, 0.5) is 11.6 Å². The highest BCUT2D eigenvalue weighted by atomic mass is 32.2. The van der Waals surface area contributed by atoms with E-state index in [4.69, 9.17) is 16.2 Å². The quantitative estimate of drug-likeness (QED) is 0.261. The second-order valence-corrected chi connectivity index (χ2v) is 8.24. The summed E-state index contributed by atoms with van der Waals surface area (Å²) in [6.07, 6.45) is 3.97. The van der Waals surface area contributed by atoms with Crippen molar-refractivity contribution in [3.8, 4) is 5.69 Å². The number of nitrogen functional groups attached to an aromatic ring is 2. The fraction of sp³-hybridized carbons (Fsp3) is 0.333. The first-order chi connectivity index (χ1) is 15.5. The molecule has 0 fully saturated rings. The van der Waals surface area contributed by atoms with Crippen molar-refractivity contribution >= 4 is 23.6 Å². The molecule has 0 aliphatic carbocycles. The molecule has 0 spiro atoms. The summed E-state index contributed by atoms with van der Waals surface area (Å²) in [5, 5.41) is 3.33. The number of nitrogens with two attached hydrogens (primary N) is 2. The number of aromatic nitrogens is 2. The number of ether oxygens (including phenoxy) is 1. The molecule has 0 saturated carbocycles. The molecular formula is C24H33N6OS+. The van der Waals surface area contributed by atoms with Crippen molar-refractivity contribution in [2.45, 2.75) is 40.2 Å². The van der Waals surface area contributed by atoms with Crippen molar-refractivity contribution in [1.82, 2.24) is 15.0 Å². The highest BCUT2D eigenvalue weighted by molar-refractivity contribution is 7.96. The third-order valence-corrected chi connectivity index (χ3v) is 5.60. The molecule has 0 unspecified atom stereocenters. The predicted octanol–water partition coefficient (Wildman–Crippen LogP) is 3.03. The second-order valence-electron chi connectivity index (χ2n) is 7.54. The van der Waals surface area contributed by atoms with Gasteiger partial charge in [0.15, 0.2) is 0 Å². The van der Waals surface area contributed by atoms with Crippen LogP contribution in [0.1, 0.15) is 34.9 Å². The van der Waals surface area contributed by atoms with Crippen molar-refractivity contribution in [3.63, 3.8) is 0 Å². The lowest BCUT2D eigenvalue weighted by molar-refractivity contribution is -0.580. The Labute approximate surface area is 194 Å². The van der Waals surface area contributed by atoms with E-state index in [1.165, 1.54) is 0 Å². The Bertz CT molecular complexity index is 1040. The maximum Gasteiger partial charge on any atom is 0.282 e. The minimum Gasteiger partial charge on any atom is -0.383 e. The maximum atomic E-state index is 6.43. The highest BCUT2D eigenvalue weighted by Gasteiger charge is 2.13. The predicted molar refractivity (Wildman–Crippen MR) is 132 cm³/mol. The van der Waals surface area contributed by atoms with E-state index in [2.05, 4.69) is 40.1 Å². The van der Waals surface area contributed by atoms with Gasteiger partial charge in [-0.1, -0.05) is 31.0 Å². The molecule has 3 aromatic rings. The Morgan fingerprint density at radius 3 is 2.69 bits per heavy atom. The fourth-order valence-electron chi connectivity index (χ4n) is 3.55. The van der Waals surface area contributed by atoms with Gasteiger partial charge in [0, 0.05) is 24.3 Å². The summed E-state index contributed by atoms with van der Waals surface area (Å²) in [6, 6.07) is 14.4. The zero-order valence-corrected chi connectivity index (χ0v) is 19.8. The van der Waals surface area contributed by atoms with E-state index in [9.17, 15) is 0 Å². The van der Waals surface area contributed by atoms with Crippen LogP contribution in [-0.2, 0) is 31.0 Å². The lowest BCUT2D eigenvalue weighted by atomic mass is 10.1. The number of nitrogens with one attached hydrogen (secondary N) is 2. The van der Waals surface area contributed by atoms with Crippen LogP contribution in [0.5, 0.6) is 0 Å². The molecule has 7 nitrogen and oxygen atoms in total. The van der Waals surface area contributed by atoms with Crippen LogP contribution in [0.15, 0.2) is 48.7 Å². The Balaban J connectivity index is 1.72. The smallest absolute Gasteiger partial charge is 0.282 e. The van der Waals surface area contributed by atoms with E-state index in [-0.39, 0.29) is 0 Å². The average molecular weight is 454 g/mol. The normalized spacial score (nSPS) is 11.1. The third-order valence-electron chi connectivity index (χ3n) is 5.17. The van der Waals surface area contributed by atoms with Crippen LogP contribution >= 0.6 is 11.9 Å². The number of nitrogens with zero attached hydrogens (tertiary/aromatic N) is 2. The highest BCUT2D eigenvalue weighted by Crippen LogP contribution is 2.19. The van der Waals surface area contributed by atoms with Crippen LogP contribution in [0, 0.1) is 6.92 Å². The van der Waals surface area contributed by atoms with Gasteiger partial charge in [-0.2, -0.15) is 0 Å². The van der Waals surface area contributed by atoms with E-state index in [0.29, 0.717) is 25.6 Å². The molecule has 8 heteroatoms. The molecule has 170 valence electrons. The molecule has 0 saturated heterocycles. The molecule has 32 heavy (non-hydrogen) atoms. The Hall–Kier alpha value is -2.65. The first-order valence-electron chi connectivity index (χ1n) is 10.7. The van der Waals surface area contributed by atoms with Crippen molar-refractivity contribution in [2.24, 2.45) is 0 Å². The van der Waals surface area contributed by atoms with Crippen LogP contribution in [0.25, 0.3) is 5.69 Å². The lowest BCUT2D eigenvalue weighted by Crippen LogP contribution is -2.35. The number of rotatable bonds is 11. The Morgan fingerprint density at radius 2 is 1.91 bits per heavy atom. The zero-order chi connectivity index (χ0) is 22.9. The molecule has 0 amide bonds. The molecule has 0 atom stereocenters. The van der Waals surface area contributed by atoms with E-state index < -0.39 is 0 Å². The number of pyridine rings is 2. The molecule has 2 heterocycles. The van der Waals surface area contributed by atoms with Crippen molar-refractivity contribution in [3.05, 3.63) is 76.6 Å². The van der Waals surface area contributed by atoms with E-state index >= 15 is 0 Å². The van der Waals surface area contributed by atoms with Crippen LogP contribution in [0.3, 0.4) is 0 Å². The monoisotopic (exact) mass is 453 g/mol. The number of benzene rings is 1.